The Kier molecular flexibility index (Phi) is 7.52. The largest absolute Gasteiger partial charge is 0.353 e. The Bertz CT molecular complexity index is 590. The van der Waals surface area contributed by atoms with Crippen molar-refractivity contribution in [3.05, 3.63) is 35.4 Å². The Morgan fingerprint density at radius 3 is 2.64 bits per heavy atom. The van der Waals surface area contributed by atoms with Gasteiger partial charge in [-0.05, 0) is 43.5 Å². The fourth-order valence-electron chi connectivity index (χ4n) is 3.33. The van der Waals surface area contributed by atoms with Crippen LogP contribution in [-0.4, -0.2) is 49.1 Å². The number of rotatable bonds is 4. The third-order valence-corrected chi connectivity index (χ3v) is 4.75. The van der Waals surface area contributed by atoms with Gasteiger partial charge in [0.05, 0.1) is 0 Å². The van der Waals surface area contributed by atoms with Gasteiger partial charge in [-0.1, -0.05) is 24.3 Å². The van der Waals surface area contributed by atoms with Crippen LogP contribution in [0.15, 0.2) is 24.3 Å². The Hall–Kier alpha value is -1.79. The molecule has 0 atom stereocenters. The minimum Gasteiger partial charge on any atom is -0.353 e. The van der Waals surface area contributed by atoms with E-state index in [4.69, 9.17) is 0 Å². The molecule has 0 unspecified atom stereocenters. The van der Waals surface area contributed by atoms with E-state index < -0.39 is 0 Å². The molecule has 1 saturated heterocycles. The molecule has 2 aliphatic rings. The van der Waals surface area contributed by atoms with Gasteiger partial charge in [0, 0.05) is 32.1 Å². The molecule has 25 heavy (non-hydrogen) atoms. The SMILES string of the molecule is Cl.O=C(CCNC(=O)N1CCc2ccccc2C1)NC1CCNCC1. The van der Waals surface area contributed by atoms with Crippen molar-refractivity contribution in [1.29, 1.82) is 0 Å². The van der Waals surface area contributed by atoms with Crippen molar-refractivity contribution in [2.24, 2.45) is 0 Å². The standard InChI is InChI=1S/C18H26N4O2.ClH/c23-17(21-16-5-9-19-10-6-16)7-11-20-18(24)22-12-8-14-3-1-2-4-15(14)13-22;/h1-4,16,19H,5-13H2,(H,20,24)(H,21,23);1H. The summed E-state index contributed by atoms with van der Waals surface area (Å²) in [4.78, 5) is 26.0. The third-order valence-electron chi connectivity index (χ3n) is 4.75. The van der Waals surface area contributed by atoms with Gasteiger partial charge in [-0.3, -0.25) is 4.79 Å². The molecule has 1 aromatic rings. The van der Waals surface area contributed by atoms with Crippen molar-refractivity contribution >= 4 is 24.3 Å². The second-order valence-corrected chi connectivity index (χ2v) is 6.51. The van der Waals surface area contributed by atoms with Crippen LogP contribution in [0.3, 0.4) is 0 Å². The smallest absolute Gasteiger partial charge is 0.317 e. The Balaban J connectivity index is 0.00000225. The minimum atomic E-state index is -0.0841. The highest BCUT2D eigenvalue weighted by Crippen LogP contribution is 2.18. The lowest BCUT2D eigenvalue weighted by Gasteiger charge is -2.29. The van der Waals surface area contributed by atoms with Gasteiger partial charge < -0.3 is 20.9 Å². The molecule has 2 heterocycles. The first-order valence-electron chi connectivity index (χ1n) is 8.82. The Morgan fingerprint density at radius 1 is 1.16 bits per heavy atom. The van der Waals surface area contributed by atoms with Crippen molar-refractivity contribution in [2.45, 2.75) is 38.3 Å². The molecule has 138 valence electrons. The molecule has 0 saturated carbocycles. The number of nitrogens with zero attached hydrogens (tertiary/aromatic N) is 1. The number of carbonyl (C=O) groups is 2. The van der Waals surface area contributed by atoms with E-state index in [-0.39, 0.29) is 30.4 Å². The lowest BCUT2D eigenvalue weighted by molar-refractivity contribution is -0.121. The number of benzene rings is 1. The van der Waals surface area contributed by atoms with E-state index in [1.54, 1.807) is 0 Å². The molecule has 0 radical (unpaired) electrons. The van der Waals surface area contributed by atoms with E-state index in [1.165, 1.54) is 11.1 Å². The number of urea groups is 1. The Morgan fingerprint density at radius 2 is 1.88 bits per heavy atom. The first-order valence-corrected chi connectivity index (χ1v) is 8.82. The molecule has 0 aliphatic carbocycles. The average molecular weight is 367 g/mol. The van der Waals surface area contributed by atoms with Gasteiger partial charge in [-0.25, -0.2) is 4.79 Å². The predicted octanol–water partition coefficient (Wildman–Crippen LogP) is 1.43. The second kappa shape index (κ2) is 9.63. The fourth-order valence-corrected chi connectivity index (χ4v) is 3.33. The van der Waals surface area contributed by atoms with Crippen LogP contribution in [0.2, 0.25) is 0 Å². The van der Waals surface area contributed by atoms with E-state index in [0.29, 0.717) is 19.5 Å². The van der Waals surface area contributed by atoms with E-state index >= 15 is 0 Å². The molecule has 1 fully saturated rings. The van der Waals surface area contributed by atoms with Crippen LogP contribution in [0.5, 0.6) is 0 Å². The zero-order valence-corrected chi connectivity index (χ0v) is 15.2. The summed E-state index contributed by atoms with van der Waals surface area (Å²) in [6.45, 7) is 3.66. The molecule has 0 aromatic heterocycles. The van der Waals surface area contributed by atoms with Gasteiger partial charge in [0.15, 0.2) is 0 Å². The summed E-state index contributed by atoms with van der Waals surface area (Å²) in [7, 11) is 0. The number of fused-ring (bicyclic) bond motifs is 1. The summed E-state index contributed by atoms with van der Waals surface area (Å²) in [6.07, 6.45) is 3.18. The van der Waals surface area contributed by atoms with Crippen molar-refractivity contribution < 1.29 is 9.59 Å². The quantitative estimate of drug-likeness (QED) is 0.754. The minimum absolute atomic E-state index is 0. The molecule has 2 aliphatic heterocycles. The highest BCUT2D eigenvalue weighted by molar-refractivity contribution is 5.85. The molecule has 0 bridgehead atoms. The number of carbonyl (C=O) groups excluding carboxylic acids is 2. The summed E-state index contributed by atoms with van der Waals surface area (Å²) in [5.74, 6) is 0.0196. The molecule has 7 heteroatoms. The van der Waals surface area contributed by atoms with Crippen molar-refractivity contribution in [1.82, 2.24) is 20.9 Å². The molecule has 1 aromatic carbocycles. The van der Waals surface area contributed by atoms with Crippen molar-refractivity contribution in [3.8, 4) is 0 Å². The summed E-state index contributed by atoms with van der Waals surface area (Å²) < 4.78 is 0. The number of hydrogen-bond donors (Lipinski definition) is 3. The summed E-state index contributed by atoms with van der Waals surface area (Å²) in [5.41, 5.74) is 2.53. The fraction of sp³-hybridized carbons (Fsp3) is 0.556. The predicted molar refractivity (Wildman–Crippen MR) is 99.9 cm³/mol. The number of hydrogen-bond acceptors (Lipinski definition) is 3. The van der Waals surface area contributed by atoms with Gasteiger partial charge in [0.1, 0.15) is 0 Å². The molecule has 3 rings (SSSR count). The monoisotopic (exact) mass is 366 g/mol. The zero-order chi connectivity index (χ0) is 16.8. The maximum absolute atomic E-state index is 12.3. The van der Waals surface area contributed by atoms with Gasteiger partial charge in [0.25, 0.3) is 0 Å². The first-order chi connectivity index (χ1) is 11.7. The number of halogens is 1. The zero-order valence-electron chi connectivity index (χ0n) is 14.4. The van der Waals surface area contributed by atoms with Gasteiger partial charge in [-0.2, -0.15) is 0 Å². The van der Waals surface area contributed by atoms with Crippen LogP contribution in [0.4, 0.5) is 4.79 Å². The van der Waals surface area contributed by atoms with E-state index in [2.05, 4.69) is 28.1 Å². The maximum atomic E-state index is 12.3. The average Bonchev–Trinajstić information content (AvgIpc) is 2.62. The molecule has 3 N–H and O–H groups in total. The molecular formula is C18H27ClN4O2. The van der Waals surface area contributed by atoms with E-state index in [9.17, 15) is 9.59 Å². The number of amides is 3. The van der Waals surface area contributed by atoms with Crippen LogP contribution in [0.25, 0.3) is 0 Å². The highest BCUT2D eigenvalue weighted by atomic mass is 35.5. The van der Waals surface area contributed by atoms with Crippen LogP contribution in [0, 0.1) is 0 Å². The van der Waals surface area contributed by atoms with E-state index in [1.807, 2.05) is 17.0 Å². The second-order valence-electron chi connectivity index (χ2n) is 6.51. The lowest BCUT2D eigenvalue weighted by Crippen LogP contribution is -2.45. The highest BCUT2D eigenvalue weighted by Gasteiger charge is 2.20. The summed E-state index contributed by atoms with van der Waals surface area (Å²) in [6, 6.07) is 8.42. The number of piperidine rings is 1. The number of nitrogens with one attached hydrogen (secondary N) is 3. The molecule has 6 nitrogen and oxygen atoms in total. The maximum Gasteiger partial charge on any atom is 0.317 e. The van der Waals surface area contributed by atoms with Crippen LogP contribution >= 0.6 is 12.4 Å². The lowest BCUT2D eigenvalue weighted by atomic mass is 10.0. The van der Waals surface area contributed by atoms with Crippen molar-refractivity contribution in [2.75, 3.05) is 26.2 Å². The van der Waals surface area contributed by atoms with Gasteiger partial charge in [-0.15, -0.1) is 12.4 Å². The topological polar surface area (TPSA) is 73.5 Å². The molecule has 3 amide bonds. The molecular weight excluding hydrogens is 340 g/mol. The van der Waals surface area contributed by atoms with Crippen LogP contribution in [-0.2, 0) is 17.8 Å². The van der Waals surface area contributed by atoms with Crippen LogP contribution in [0.1, 0.15) is 30.4 Å². The van der Waals surface area contributed by atoms with Gasteiger partial charge >= 0.3 is 6.03 Å². The molecule has 0 spiro atoms. The van der Waals surface area contributed by atoms with Crippen LogP contribution < -0.4 is 16.0 Å². The summed E-state index contributed by atoms with van der Waals surface area (Å²) in [5, 5.41) is 9.18. The normalized spacial score (nSPS) is 17.2. The van der Waals surface area contributed by atoms with E-state index in [0.717, 1.165) is 38.9 Å². The summed E-state index contributed by atoms with van der Waals surface area (Å²) >= 11 is 0. The third kappa shape index (κ3) is 5.61. The Labute approximate surface area is 155 Å². The van der Waals surface area contributed by atoms with Crippen molar-refractivity contribution in [3.63, 3.8) is 0 Å². The first kappa shape index (κ1) is 19.5. The van der Waals surface area contributed by atoms with Gasteiger partial charge in [0.2, 0.25) is 5.91 Å².